The van der Waals surface area contributed by atoms with E-state index in [9.17, 15) is 4.79 Å². The second-order valence-electron chi connectivity index (χ2n) is 4.93. The number of para-hydroxylation sites is 1. The van der Waals surface area contributed by atoms with Gasteiger partial charge in [-0.1, -0.05) is 37.5 Å². The number of carbonyl (C=O) groups excluding carboxylic acids is 1. The van der Waals surface area contributed by atoms with Gasteiger partial charge >= 0.3 is 0 Å². The Bertz CT molecular complexity index is 399. The van der Waals surface area contributed by atoms with E-state index in [0.29, 0.717) is 11.0 Å². The Kier molecular flexibility index (Phi) is 5.12. The summed E-state index contributed by atoms with van der Waals surface area (Å²) in [6.45, 7) is 2.02. The van der Waals surface area contributed by atoms with Gasteiger partial charge in [-0.3, -0.25) is 4.79 Å². The second kappa shape index (κ2) is 6.83. The van der Waals surface area contributed by atoms with Crippen LogP contribution in [0.1, 0.15) is 37.7 Å². The molecular weight excluding hydrogens is 242 g/mol. The highest BCUT2D eigenvalue weighted by Gasteiger charge is 2.15. The summed E-state index contributed by atoms with van der Waals surface area (Å²) in [5.41, 5.74) is 2.06. The number of amides is 1. The molecule has 0 aromatic heterocycles. The van der Waals surface area contributed by atoms with Gasteiger partial charge in [-0.05, 0) is 31.4 Å². The molecule has 1 saturated carbocycles. The molecule has 0 unspecified atom stereocenters. The van der Waals surface area contributed by atoms with Crippen LogP contribution in [0.25, 0.3) is 0 Å². The van der Waals surface area contributed by atoms with Crippen LogP contribution in [0.15, 0.2) is 24.3 Å². The molecule has 3 heteroatoms. The fourth-order valence-electron chi connectivity index (χ4n) is 2.32. The molecule has 0 aliphatic heterocycles. The topological polar surface area (TPSA) is 29.1 Å². The van der Waals surface area contributed by atoms with Gasteiger partial charge in [0.1, 0.15) is 0 Å². The third-order valence-electron chi connectivity index (χ3n) is 3.42. The maximum Gasteiger partial charge on any atom is 0.234 e. The molecule has 18 heavy (non-hydrogen) atoms. The average Bonchev–Trinajstić information content (AvgIpc) is 2.40. The number of hydrogen-bond donors (Lipinski definition) is 1. The summed E-state index contributed by atoms with van der Waals surface area (Å²) in [6, 6.07) is 7.92. The minimum atomic E-state index is 0.125. The zero-order chi connectivity index (χ0) is 12.8. The molecule has 2 rings (SSSR count). The number of thioether (sulfide) groups is 1. The molecule has 1 aromatic carbocycles. The Hall–Kier alpha value is -0.960. The number of rotatable bonds is 4. The van der Waals surface area contributed by atoms with Crippen LogP contribution >= 0.6 is 11.8 Å². The first-order valence-corrected chi connectivity index (χ1v) is 7.77. The zero-order valence-corrected chi connectivity index (χ0v) is 11.8. The van der Waals surface area contributed by atoms with E-state index in [0.717, 1.165) is 11.3 Å². The maximum absolute atomic E-state index is 11.9. The average molecular weight is 263 g/mol. The van der Waals surface area contributed by atoms with E-state index in [4.69, 9.17) is 0 Å². The Labute approximate surface area is 114 Å². The fraction of sp³-hybridized carbons (Fsp3) is 0.533. The van der Waals surface area contributed by atoms with E-state index < -0.39 is 0 Å². The van der Waals surface area contributed by atoms with Crippen molar-refractivity contribution in [1.29, 1.82) is 0 Å². The maximum atomic E-state index is 11.9. The molecule has 1 aromatic rings. The smallest absolute Gasteiger partial charge is 0.234 e. The minimum absolute atomic E-state index is 0.125. The summed E-state index contributed by atoms with van der Waals surface area (Å²) in [4.78, 5) is 11.9. The molecule has 1 fully saturated rings. The summed E-state index contributed by atoms with van der Waals surface area (Å²) in [7, 11) is 0. The van der Waals surface area contributed by atoms with Crippen molar-refractivity contribution in [3.8, 4) is 0 Å². The van der Waals surface area contributed by atoms with Crippen LogP contribution in [-0.2, 0) is 4.79 Å². The molecule has 0 saturated heterocycles. The van der Waals surface area contributed by atoms with Crippen LogP contribution in [0.2, 0.25) is 0 Å². The van der Waals surface area contributed by atoms with Gasteiger partial charge in [-0.25, -0.2) is 0 Å². The van der Waals surface area contributed by atoms with Gasteiger partial charge in [0.05, 0.1) is 5.75 Å². The highest BCUT2D eigenvalue weighted by Crippen LogP contribution is 2.28. The lowest BCUT2D eigenvalue weighted by atomic mass is 10.0. The van der Waals surface area contributed by atoms with Crippen molar-refractivity contribution >= 4 is 23.4 Å². The molecule has 2 nitrogen and oxygen atoms in total. The van der Waals surface area contributed by atoms with Gasteiger partial charge in [0.2, 0.25) is 5.91 Å². The molecule has 0 heterocycles. The standard InChI is InChI=1S/C15H21NOS/c1-12-7-5-6-10-14(12)16-15(17)11-18-13-8-3-2-4-9-13/h5-7,10,13H,2-4,8-9,11H2,1H3,(H,16,17). The third-order valence-corrected chi connectivity index (χ3v) is 4.79. The van der Waals surface area contributed by atoms with Gasteiger partial charge in [0, 0.05) is 10.9 Å². The lowest BCUT2D eigenvalue weighted by Crippen LogP contribution is -2.18. The number of aryl methyl sites for hydroxylation is 1. The SMILES string of the molecule is Cc1ccccc1NC(=O)CSC1CCCCC1. The molecule has 0 atom stereocenters. The predicted octanol–water partition coefficient (Wildman–Crippen LogP) is 4.00. The van der Waals surface area contributed by atoms with Crippen LogP contribution in [0.5, 0.6) is 0 Å². The van der Waals surface area contributed by atoms with Crippen LogP contribution < -0.4 is 5.32 Å². The number of nitrogens with one attached hydrogen (secondary N) is 1. The Morgan fingerprint density at radius 1 is 1.28 bits per heavy atom. The van der Waals surface area contributed by atoms with Crippen molar-refractivity contribution in [2.75, 3.05) is 11.1 Å². The van der Waals surface area contributed by atoms with E-state index in [1.807, 2.05) is 43.0 Å². The number of carbonyl (C=O) groups is 1. The monoisotopic (exact) mass is 263 g/mol. The zero-order valence-electron chi connectivity index (χ0n) is 10.9. The first-order chi connectivity index (χ1) is 8.75. The number of benzene rings is 1. The molecule has 1 aliphatic carbocycles. The van der Waals surface area contributed by atoms with E-state index in [2.05, 4.69) is 5.32 Å². The minimum Gasteiger partial charge on any atom is -0.325 e. The first-order valence-electron chi connectivity index (χ1n) is 6.73. The summed E-state index contributed by atoms with van der Waals surface area (Å²) in [6.07, 6.45) is 6.59. The van der Waals surface area contributed by atoms with Gasteiger partial charge in [0.25, 0.3) is 0 Å². The lowest BCUT2D eigenvalue weighted by Gasteiger charge is -2.20. The normalized spacial score (nSPS) is 16.5. The second-order valence-corrected chi connectivity index (χ2v) is 6.22. The van der Waals surface area contributed by atoms with E-state index >= 15 is 0 Å². The summed E-state index contributed by atoms with van der Waals surface area (Å²) < 4.78 is 0. The summed E-state index contributed by atoms with van der Waals surface area (Å²) >= 11 is 1.82. The highest BCUT2D eigenvalue weighted by atomic mass is 32.2. The van der Waals surface area contributed by atoms with Crippen LogP contribution in [0, 0.1) is 6.92 Å². The van der Waals surface area contributed by atoms with Gasteiger partial charge in [0.15, 0.2) is 0 Å². The number of anilines is 1. The predicted molar refractivity (Wildman–Crippen MR) is 79.1 cm³/mol. The molecular formula is C15H21NOS. The lowest BCUT2D eigenvalue weighted by molar-refractivity contribution is -0.113. The van der Waals surface area contributed by atoms with Gasteiger partial charge in [-0.15, -0.1) is 11.8 Å². The highest BCUT2D eigenvalue weighted by molar-refractivity contribution is 8.00. The Morgan fingerprint density at radius 2 is 2.00 bits per heavy atom. The van der Waals surface area contributed by atoms with Crippen LogP contribution in [0.4, 0.5) is 5.69 Å². The van der Waals surface area contributed by atoms with Crippen LogP contribution in [-0.4, -0.2) is 16.9 Å². The van der Waals surface area contributed by atoms with Crippen molar-refractivity contribution in [1.82, 2.24) is 0 Å². The molecule has 1 amide bonds. The van der Waals surface area contributed by atoms with Crippen molar-refractivity contribution in [2.45, 2.75) is 44.3 Å². The van der Waals surface area contributed by atoms with Crippen molar-refractivity contribution in [2.24, 2.45) is 0 Å². The summed E-state index contributed by atoms with van der Waals surface area (Å²) in [5, 5.41) is 3.69. The number of hydrogen-bond acceptors (Lipinski definition) is 2. The van der Waals surface area contributed by atoms with Gasteiger partial charge in [-0.2, -0.15) is 0 Å². The third kappa shape index (κ3) is 4.05. The summed E-state index contributed by atoms with van der Waals surface area (Å²) in [5.74, 6) is 0.707. The molecule has 0 radical (unpaired) electrons. The largest absolute Gasteiger partial charge is 0.325 e. The van der Waals surface area contributed by atoms with Crippen molar-refractivity contribution < 1.29 is 4.79 Å². The first kappa shape index (κ1) is 13.5. The van der Waals surface area contributed by atoms with Gasteiger partial charge < -0.3 is 5.32 Å². The fourth-order valence-corrected chi connectivity index (χ4v) is 3.45. The van der Waals surface area contributed by atoms with E-state index in [-0.39, 0.29) is 5.91 Å². The van der Waals surface area contributed by atoms with Crippen molar-refractivity contribution in [3.63, 3.8) is 0 Å². The Balaban J connectivity index is 1.76. The van der Waals surface area contributed by atoms with Crippen LogP contribution in [0.3, 0.4) is 0 Å². The molecule has 0 spiro atoms. The molecule has 1 aliphatic rings. The molecule has 98 valence electrons. The molecule has 0 bridgehead atoms. The molecule has 1 N–H and O–H groups in total. The van der Waals surface area contributed by atoms with Crippen molar-refractivity contribution in [3.05, 3.63) is 29.8 Å². The van der Waals surface area contributed by atoms with E-state index in [1.165, 1.54) is 32.1 Å². The van der Waals surface area contributed by atoms with E-state index in [1.54, 1.807) is 0 Å². The Morgan fingerprint density at radius 3 is 2.72 bits per heavy atom. The quantitative estimate of drug-likeness (QED) is 0.889.